The predicted octanol–water partition coefficient (Wildman–Crippen LogP) is 2.36. The number of nitrogens with zero attached hydrogens (tertiary/aromatic N) is 2. The summed E-state index contributed by atoms with van der Waals surface area (Å²) < 4.78 is 55.6. The first-order valence-electron chi connectivity index (χ1n) is 6.96. The Morgan fingerprint density at radius 3 is 2.30 bits per heavy atom. The minimum Gasteiger partial charge on any atom is -0.339 e. The van der Waals surface area contributed by atoms with E-state index < -0.39 is 27.8 Å². The van der Waals surface area contributed by atoms with E-state index in [0.717, 1.165) is 0 Å². The molecular formula is C14H15F2N3O3S. The Labute approximate surface area is 131 Å². The van der Waals surface area contributed by atoms with Gasteiger partial charge in [0.15, 0.2) is 5.82 Å². The van der Waals surface area contributed by atoms with Gasteiger partial charge in [0.05, 0.1) is 10.8 Å². The van der Waals surface area contributed by atoms with E-state index >= 15 is 0 Å². The second-order valence-corrected chi connectivity index (χ2v) is 7.45. The Kier molecular flexibility index (Phi) is 3.53. The molecule has 124 valence electrons. The third-order valence-electron chi connectivity index (χ3n) is 3.86. The van der Waals surface area contributed by atoms with Gasteiger partial charge >= 0.3 is 0 Å². The van der Waals surface area contributed by atoms with Gasteiger partial charge in [0.25, 0.3) is 5.92 Å². The Bertz CT molecular complexity index is 831. The maximum absolute atomic E-state index is 14.1. The van der Waals surface area contributed by atoms with E-state index in [4.69, 9.17) is 9.66 Å². The van der Waals surface area contributed by atoms with Crippen LogP contribution in [0, 0.1) is 0 Å². The van der Waals surface area contributed by atoms with Gasteiger partial charge in [0.1, 0.15) is 5.92 Å². The van der Waals surface area contributed by atoms with E-state index in [0.29, 0.717) is 11.4 Å². The molecule has 0 aliphatic heterocycles. The average molecular weight is 343 g/mol. The van der Waals surface area contributed by atoms with Crippen molar-refractivity contribution in [1.82, 2.24) is 10.1 Å². The highest BCUT2D eigenvalue weighted by molar-refractivity contribution is 7.89. The number of nitrogens with two attached hydrogens (primary N) is 1. The number of alkyl halides is 2. The zero-order chi connectivity index (χ0) is 17.0. The minimum absolute atomic E-state index is 0.0210. The number of halogens is 2. The Hall–Kier alpha value is -1.87. The van der Waals surface area contributed by atoms with E-state index in [1.54, 1.807) is 0 Å². The van der Waals surface area contributed by atoms with Crippen molar-refractivity contribution in [2.45, 2.75) is 42.4 Å². The molecule has 0 bridgehead atoms. The molecule has 1 saturated carbocycles. The Morgan fingerprint density at radius 2 is 1.83 bits per heavy atom. The number of primary sulfonamides is 1. The second kappa shape index (κ2) is 5.07. The van der Waals surface area contributed by atoms with Crippen LogP contribution < -0.4 is 5.14 Å². The molecule has 23 heavy (non-hydrogen) atoms. The predicted molar refractivity (Wildman–Crippen MR) is 76.6 cm³/mol. The average Bonchev–Trinajstić information content (AvgIpc) is 2.84. The van der Waals surface area contributed by atoms with Crippen LogP contribution in [0.4, 0.5) is 8.78 Å². The summed E-state index contributed by atoms with van der Waals surface area (Å²) in [7, 11) is -3.85. The summed E-state index contributed by atoms with van der Waals surface area (Å²) in [4.78, 5) is 3.90. The van der Waals surface area contributed by atoms with Crippen LogP contribution in [0.25, 0.3) is 0 Å². The molecule has 0 radical (unpaired) electrons. The molecule has 2 aromatic rings. The molecule has 6 nitrogen and oxygen atoms in total. The number of aromatic nitrogens is 2. The largest absolute Gasteiger partial charge is 0.339 e. The normalized spacial score (nSPS) is 23.2. The van der Waals surface area contributed by atoms with Gasteiger partial charge in [-0.3, -0.25) is 0 Å². The molecule has 1 fully saturated rings. The fraction of sp³-hybridized carbons (Fsp3) is 0.429. The lowest BCUT2D eigenvalue weighted by Gasteiger charge is -2.01. The first kappa shape index (κ1) is 16.0. The molecule has 2 N–H and O–H groups in total. The summed E-state index contributed by atoms with van der Waals surface area (Å²) in [5, 5.41) is 8.69. The van der Waals surface area contributed by atoms with Gasteiger partial charge in [-0.15, -0.1) is 0 Å². The van der Waals surface area contributed by atoms with Crippen molar-refractivity contribution < 1.29 is 21.7 Å². The molecule has 1 aliphatic carbocycles. The highest BCUT2D eigenvalue weighted by atomic mass is 32.2. The molecule has 0 saturated heterocycles. The van der Waals surface area contributed by atoms with E-state index in [1.807, 2.05) is 13.8 Å². The number of hydrogen-bond acceptors (Lipinski definition) is 5. The maximum atomic E-state index is 14.1. The smallest absolute Gasteiger partial charge is 0.268 e. The molecule has 1 aliphatic rings. The van der Waals surface area contributed by atoms with Crippen molar-refractivity contribution in [2.24, 2.45) is 5.14 Å². The van der Waals surface area contributed by atoms with Gasteiger partial charge in [0.2, 0.25) is 15.9 Å². The number of sulfonamides is 1. The van der Waals surface area contributed by atoms with Crippen molar-refractivity contribution in [3.63, 3.8) is 0 Å². The van der Waals surface area contributed by atoms with Crippen LogP contribution in [-0.4, -0.2) is 24.5 Å². The summed E-state index contributed by atoms with van der Waals surface area (Å²) in [6, 6.07) is 5.09. The fourth-order valence-corrected chi connectivity index (χ4v) is 3.04. The van der Waals surface area contributed by atoms with E-state index in [-0.39, 0.29) is 16.7 Å². The minimum atomic E-state index is -3.85. The van der Waals surface area contributed by atoms with Crippen LogP contribution in [0.5, 0.6) is 0 Å². The summed E-state index contributed by atoms with van der Waals surface area (Å²) in [6.45, 7) is 3.67. The van der Waals surface area contributed by atoms with Crippen LogP contribution in [0.1, 0.15) is 48.9 Å². The fourth-order valence-electron chi connectivity index (χ4n) is 2.52. The van der Waals surface area contributed by atoms with Gasteiger partial charge < -0.3 is 4.52 Å². The summed E-state index contributed by atoms with van der Waals surface area (Å²) in [6.07, 6.45) is 0. The van der Waals surface area contributed by atoms with Gasteiger partial charge in [-0.1, -0.05) is 31.1 Å². The number of rotatable bonds is 4. The Morgan fingerprint density at radius 1 is 1.22 bits per heavy atom. The molecule has 1 aromatic carbocycles. The van der Waals surface area contributed by atoms with Gasteiger partial charge in [-0.2, -0.15) is 4.98 Å². The van der Waals surface area contributed by atoms with E-state index in [9.17, 15) is 17.2 Å². The lowest BCUT2D eigenvalue weighted by Crippen LogP contribution is -2.11. The van der Waals surface area contributed by atoms with Crippen LogP contribution in [0.15, 0.2) is 33.7 Å². The molecular weight excluding hydrogens is 328 g/mol. The highest BCUT2D eigenvalue weighted by Gasteiger charge is 2.72. The summed E-state index contributed by atoms with van der Waals surface area (Å²) in [5.74, 6) is -5.05. The van der Waals surface area contributed by atoms with Crippen molar-refractivity contribution in [2.75, 3.05) is 0 Å². The number of benzene rings is 1. The van der Waals surface area contributed by atoms with Gasteiger partial charge in [0, 0.05) is 5.92 Å². The molecule has 1 aromatic heterocycles. The standard InChI is InChI=1S/C14H15F2N3O3S/c1-7(2)12-18-13(22-19-12)11-10(14(11,15)16)8-3-5-9(6-4-8)23(17,20)21/h3-7,10-11H,1-2H3,(H2,17,20,21). The maximum Gasteiger partial charge on any atom is 0.268 e. The SMILES string of the molecule is CC(C)c1noc(C2C(c3ccc(S(N)(=O)=O)cc3)C2(F)F)n1. The summed E-state index contributed by atoms with van der Waals surface area (Å²) >= 11 is 0. The summed E-state index contributed by atoms with van der Waals surface area (Å²) in [5.41, 5.74) is 0.302. The third-order valence-corrected chi connectivity index (χ3v) is 4.79. The van der Waals surface area contributed by atoms with Crippen LogP contribution in [0.3, 0.4) is 0 Å². The van der Waals surface area contributed by atoms with Gasteiger partial charge in [-0.25, -0.2) is 22.3 Å². The molecule has 2 atom stereocenters. The molecule has 2 unspecified atom stereocenters. The first-order valence-corrected chi connectivity index (χ1v) is 8.51. The number of hydrogen-bond donors (Lipinski definition) is 1. The van der Waals surface area contributed by atoms with Crippen LogP contribution >= 0.6 is 0 Å². The second-order valence-electron chi connectivity index (χ2n) is 5.89. The topological polar surface area (TPSA) is 99.1 Å². The quantitative estimate of drug-likeness (QED) is 0.919. The first-order chi connectivity index (χ1) is 10.6. The van der Waals surface area contributed by atoms with Gasteiger partial charge in [-0.05, 0) is 17.7 Å². The zero-order valence-corrected chi connectivity index (χ0v) is 13.2. The Balaban J connectivity index is 1.88. The zero-order valence-electron chi connectivity index (χ0n) is 12.4. The van der Waals surface area contributed by atoms with Crippen molar-refractivity contribution in [3.8, 4) is 0 Å². The van der Waals surface area contributed by atoms with Crippen LogP contribution in [-0.2, 0) is 10.0 Å². The monoisotopic (exact) mass is 343 g/mol. The molecule has 9 heteroatoms. The molecule has 0 amide bonds. The lowest BCUT2D eigenvalue weighted by atomic mass is 10.1. The van der Waals surface area contributed by atoms with Crippen LogP contribution in [0.2, 0.25) is 0 Å². The highest BCUT2D eigenvalue weighted by Crippen LogP contribution is 2.66. The van der Waals surface area contributed by atoms with Crippen molar-refractivity contribution in [1.29, 1.82) is 0 Å². The molecule has 1 heterocycles. The van der Waals surface area contributed by atoms with Crippen molar-refractivity contribution in [3.05, 3.63) is 41.5 Å². The molecule has 0 spiro atoms. The molecule has 3 rings (SSSR count). The van der Waals surface area contributed by atoms with E-state index in [1.165, 1.54) is 24.3 Å². The lowest BCUT2D eigenvalue weighted by molar-refractivity contribution is 0.0999. The van der Waals surface area contributed by atoms with Crippen molar-refractivity contribution >= 4 is 10.0 Å². The third kappa shape index (κ3) is 2.74. The van der Waals surface area contributed by atoms with E-state index in [2.05, 4.69) is 10.1 Å².